The highest BCUT2D eigenvalue weighted by Gasteiger charge is 2.31. The number of methoxy groups -OCH3 is 1. The van der Waals surface area contributed by atoms with Gasteiger partial charge in [0.15, 0.2) is 10.6 Å². The number of anilines is 2. The molecule has 2 N–H and O–H groups in total. The molecule has 10 heteroatoms. The lowest BCUT2D eigenvalue weighted by molar-refractivity contribution is 0.415. The zero-order valence-electron chi connectivity index (χ0n) is 22.2. The van der Waals surface area contributed by atoms with Crippen LogP contribution < -0.4 is 15.2 Å². The Morgan fingerprint density at radius 3 is 2.31 bits per heavy atom. The van der Waals surface area contributed by atoms with Crippen molar-refractivity contribution < 1.29 is 22.7 Å². The molecular formula is C29H30FN3O5S. The molecule has 0 aliphatic rings. The van der Waals surface area contributed by atoms with Gasteiger partial charge in [0.25, 0.3) is 5.56 Å². The zero-order valence-corrected chi connectivity index (χ0v) is 23.0. The minimum Gasteiger partial charge on any atom is -0.504 e. The molecule has 0 saturated carbocycles. The molecule has 0 aliphatic heterocycles. The Morgan fingerprint density at radius 2 is 1.72 bits per heavy atom. The lowest BCUT2D eigenvalue weighted by atomic mass is 10.1. The number of unbranched alkanes of at least 4 members (excludes halogenated alkanes) is 1. The van der Waals surface area contributed by atoms with Crippen molar-refractivity contribution in [2.45, 2.75) is 42.9 Å². The number of pyridine rings is 2. The fourth-order valence-electron chi connectivity index (χ4n) is 4.46. The first-order valence-corrected chi connectivity index (χ1v) is 13.9. The first kappa shape index (κ1) is 27.8. The second-order valence-electron chi connectivity index (χ2n) is 9.11. The van der Waals surface area contributed by atoms with E-state index in [2.05, 4.69) is 9.97 Å². The van der Waals surface area contributed by atoms with E-state index >= 15 is 0 Å². The van der Waals surface area contributed by atoms with E-state index in [9.17, 15) is 22.7 Å². The van der Waals surface area contributed by atoms with Gasteiger partial charge in [-0.25, -0.2) is 13.4 Å². The van der Waals surface area contributed by atoms with Crippen molar-refractivity contribution >= 4 is 21.2 Å². The number of aromatic nitrogens is 2. The topological polar surface area (TPSA) is 113 Å². The van der Waals surface area contributed by atoms with Crippen molar-refractivity contribution in [2.24, 2.45) is 0 Å². The third kappa shape index (κ3) is 5.51. The molecule has 0 bridgehead atoms. The fraction of sp³-hybridized carbons (Fsp3) is 0.241. The average molecular weight is 552 g/mol. The molecule has 2 aromatic carbocycles. The third-order valence-corrected chi connectivity index (χ3v) is 8.38. The number of hydrogen-bond acceptors (Lipinski definition) is 7. The lowest BCUT2D eigenvalue weighted by Gasteiger charge is -2.25. The monoisotopic (exact) mass is 551 g/mol. The largest absolute Gasteiger partial charge is 0.504 e. The minimum atomic E-state index is -4.42. The molecule has 0 spiro atoms. The smallest absolute Gasteiger partial charge is 0.271 e. The number of ether oxygens (including phenoxy) is 1. The van der Waals surface area contributed by atoms with Crippen LogP contribution in [0.1, 0.15) is 31.2 Å². The molecule has 0 fully saturated rings. The number of aromatic amines is 1. The molecule has 8 nitrogen and oxygen atoms in total. The van der Waals surface area contributed by atoms with Gasteiger partial charge in [-0.15, -0.1) is 0 Å². The number of sulfone groups is 1. The normalized spacial score (nSPS) is 11.4. The highest BCUT2D eigenvalue weighted by molar-refractivity contribution is 7.91. The minimum absolute atomic E-state index is 0.167. The number of aromatic hydroxyl groups is 1. The van der Waals surface area contributed by atoms with Gasteiger partial charge in [0.05, 0.1) is 12.0 Å². The van der Waals surface area contributed by atoms with Crippen molar-refractivity contribution in [3.05, 3.63) is 88.4 Å². The molecule has 0 atom stereocenters. The van der Waals surface area contributed by atoms with Crippen molar-refractivity contribution in [3.8, 4) is 22.6 Å². The molecule has 0 unspecified atom stereocenters. The van der Waals surface area contributed by atoms with Crippen LogP contribution in [0, 0.1) is 12.9 Å². The summed E-state index contributed by atoms with van der Waals surface area (Å²) in [6, 6.07) is 15.6. The number of rotatable bonds is 9. The van der Waals surface area contributed by atoms with Crippen LogP contribution in [0.2, 0.25) is 0 Å². The van der Waals surface area contributed by atoms with Crippen LogP contribution in [-0.4, -0.2) is 37.6 Å². The van der Waals surface area contributed by atoms with E-state index in [1.165, 1.54) is 18.2 Å². The Bertz CT molecular complexity index is 1650. The van der Waals surface area contributed by atoms with E-state index in [0.29, 0.717) is 40.4 Å². The van der Waals surface area contributed by atoms with Crippen molar-refractivity contribution in [1.82, 2.24) is 9.97 Å². The van der Waals surface area contributed by atoms with Crippen LogP contribution in [-0.2, 0) is 16.3 Å². The Morgan fingerprint density at radius 1 is 1.05 bits per heavy atom. The second-order valence-corrected chi connectivity index (χ2v) is 11.0. The summed E-state index contributed by atoms with van der Waals surface area (Å²) < 4.78 is 46.0. The van der Waals surface area contributed by atoms with Gasteiger partial charge in [-0.3, -0.25) is 4.79 Å². The Kier molecular flexibility index (Phi) is 8.06. The summed E-state index contributed by atoms with van der Waals surface area (Å²) in [6.07, 6.45) is 2.00. The molecule has 0 radical (unpaired) electrons. The van der Waals surface area contributed by atoms with E-state index in [0.717, 1.165) is 12.8 Å². The first-order chi connectivity index (χ1) is 18.6. The maximum Gasteiger partial charge on any atom is 0.271 e. The highest BCUT2D eigenvalue weighted by atomic mass is 32.2. The summed E-state index contributed by atoms with van der Waals surface area (Å²) in [5.74, 6) is -0.587. The average Bonchev–Trinajstić information content (AvgIpc) is 2.91. The molecule has 4 rings (SSSR count). The second kappa shape index (κ2) is 11.3. The Hall–Kier alpha value is -4.18. The van der Waals surface area contributed by atoms with Crippen LogP contribution >= 0.6 is 0 Å². The van der Waals surface area contributed by atoms with Crippen LogP contribution in [0.4, 0.5) is 15.8 Å². The Balaban J connectivity index is 1.82. The molecule has 0 saturated heterocycles. The van der Waals surface area contributed by atoms with E-state index < -0.39 is 32.0 Å². The number of nitrogens with zero attached hydrogens (tertiary/aromatic N) is 2. The van der Waals surface area contributed by atoms with Crippen molar-refractivity contribution in [2.75, 3.05) is 19.1 Å². The van der Waals surface area contributed by atoms with Crippen LogP contribution in [0.3, 0.4) is 0 Å². The maximum atomic E-state index is 13.7. The summed E-state index contributed by atoms with van der Waals surface area (Å²) in [6.45, 7) is 3.65. The lowest BCUT2D eigenvalue weighted by Crippen LogP contribution is -2.24. The summed E-state index contributed by atoms with van der Waals surface area (Å²) in [4.78, 5) is 20.4. The molecule has 0 amide bonds. The standard InChI is InChI=1S/C29H30FN3O5S/c1-5-6-7-24-26(33(3)20-10-12-21(38-4)13-11-20)27(34)28(29(35)32-24)39(36,37)22-14-8-19(9-15-22)23-16-17-25(30)31-18(23)2/h8-17H,5-7H2,1-4H3,(H2,32,34,35). The van der Waals surface area contributed by atoms with Gasteiger partial charge in [0.1, 0.15) is 11.4 Å². The maximum absolute atomic E-state index is 13.7. The van der Waals surface area contributed by atoms with Gasteiger partial charge >= 0.3 is 0 Å². The number of hydrogen-bond donors (Lipinski definition) is 2. The zero-order chi connectivity index (χ0) is 28.3. The van der Waals surface area contributed by atoms with Gasteiger partial charge in [-0.05, 0) is 73.9 Å². The number of halogens is 1. The summed E-state index contributed by atoms with van der Waals surface area (Å²) in [7, 11) is -1.18. The summed E-state index contributed by atoms with van der Waals surface area (Å²) in [5, 5.41) is 11.4. The van der Waals surface area contributed by atoms with E-state index in [-0.39, 0.29) is 10.6 Å². The first-order valence-electron chi connectivity index (χ1n) is 12.4. The molecule has 39 heavy (non-hydrogen) atoms. The van der Waals surface area contributed by atoms with Gasteiger partial charge in [-0.2, -0.15) is 4.39 Å². The van der Waals surface area contributed by atoms with Gasteiger partial charge in [0, 0.05) is 29.7 Å². The number of H-pyrrole nitrogens is 1. The van der Waals surface area contributed by atoms with Gasteiger partial charge < -0.3 is 19.7 Å². The highest BCUT2D eigenvalue weighted by Crippen LogP contribution is 2.40. The molecule has 0 aliphatic carbocycles. The summed E-state index contributed by atoms with van der Waals surface area (Å²) in [5.41, 5.74) is 2.13. The van der Waals surface area contributed by atoms with Crippen LogP contribution in [0.15, 0.2) is 75.2 Å². The molecule has 2 heterocycles. The van der Waals surface area contributed by atoms with Crippen molar-refractivity contribution in [1.29, 1.82) is 0 Å². The molecule has 204 valence electrons. The molecule has 2 aromatic heterocycles. The predicted octanol–water partition coefficient (Wildman–Crippen LogP) is 5.54. The predicted molar refractivity (Wildman–Crippen MR) is 148 cm³/mol. The van der Waals surface area contributed by atoms with E-state index in [1.54, 1.807) is 68.4 Å². The van der Waals surface area contributed by atoms with Gasteiger partial charge in [0.2, 0.25) is 15.8 Å². The van der Waals surface area contributed by atoms with E-state index in [1.807, 2.05) is 6.92 Å². The van der Waals surface area contributed by atoms with Crippen LogP contribution in [0.25, 0.3) is 11.1 Å². The number of nitrogens with one attached hydrogen (secondary N) is 1. The Labute approximate surface area is 226 Å². The van der Waals surface area contributed by atoms with Gasteiger partial charge in [-0.1, -0.05) is 25.5 Å². The molecule has 4 aromatic rings. The number of benzene rings is 2. The fourth-order valence-corrected chi connectivity index (χ4v) is 5.83. The molecular weight excluding hydrogens is 521 g/mol. The van der Waals surface area contributed by atoms with Crippen LogP contribution in [0.5, 0.6) is 11.5 Å². The van der Waals surface area contributed by atoms with E-state index in [4.69, 9.17) is 4.74 Å². The SMILES string of the molecule is CCCCc1[nH]c(=O)c(S(=O)(=O)c2ccc(-c3ccc(F)nc3C)cc2)c(O)c1N(C)c1ccc(OC)cc1. The number of aryl methyl sites for hydroxylation is 2. The third-order valence-electron chi connectivity index (χ3n) is 6.57. The quantitative estimate of drug-likeness (QED) is 0.263. The van der Waals surface area contributed by atoms with Crippen molar-refractivity contribution in [3.63, 3.8) is 0 Å². The summed E-state index contributed by atoms with van der Waals surface area (Å²) >= 11 is 0.